The minimum Gasteiger partial charge on any atom is -0.481 e. The number of hydrogen-bond acceptors (Lipinski definition) is 3. The number of hydrogen-bond donors (Lipinski definition) is 1. The van der Waals surface area contributed by atoms with Crippen LogP contribution in [-0.2, 0) is 16.1 Å². The van der Waals surface area contributed by atoms with Crippen LogP contribution >= 0.6 is 23.2 Å². The maximum Gasteiger partial charge on any atom is 0.304 e. The number of carbonyl (C=O) groups excluding carboxylic acids is 2. The molecule has 128 valence electrons. The second-order valence-electron chi connectivity index (χ2n) is 5.72. The number of carbonyl (C=O) groups is 3. The number of carboxylic acids is 1. The average molecular weight is 378 g/mol. The molecule has 0 radical (unpaired) electrons. The van der Waals surface area contributed by atoms with Gasteiger partial charge in [-0.05, 0) is 29.3 Å². The number of amides is 2. The molecule has 2 aromatic carbocycles. The quantitative estimate of drug-likeness (QED) is 0.823. The van der Waals surface area contributed by atoms with Crippen molar-refractivity contribution in [3.05, 3.63) is 69.2 Å². The summed E-state index contributed by atoms with van der Waals surface area (Å²) in [5, 5.41) is 9.82. The number of halogens is 2. The van der Waals surface area contributed by atoms with Gasteiger partial charge in [0.2, 0.25) is 5.91 Å². The molecule has 2 amide bonds. The van der Waals surface area contributed by atoms with Crippen LogP contribution in [-0.4, -0.2) is 27.8 Å². The summed E-state index contributed by atoms with van der Waals surface area (Å²) < 4.78 is 0. The smallest absolute Gasteiger partial charge is 0.304 e. The highest BCUT2D eigenvalue weighted by Gasteiger charge is 2.39. The lowest BCUT2D eigenvalue weighted by molar-refractivity contribution is -0.141. The molecular weight excluding hydrogens is 365 g/mol. The Morgan fingerprint density at radius 1 is 1.08 bits per heavy atom. The molecule has 7 heteroatoms. The van der Waals surface area contributed by atoms with E-state index >= 15 is 0 Å². The van der Waals surface area contributed by atoms with Crippen LogP contribution in [0.3, 0.4) is 0 Å². The van der Waals surface area contributed by atoms with E-state index in [9.17, 15) is 14.4 Å². The minimum absolute atomic E-state index is 0.000983. The predicted octanol–water partition coefficient (Wildman–Crippen LogP) is 3.73. The standard InChI is InChI=1S/C18H13Cl2NO4/c19-14-6-5-10(7-15(14)20)9-21-17(24)12-4-2-1-3-11(12)13(18(21)25)8-16(22)23/h1-7,13H,8-9H2,(H,22,23). The van der Waals surface area contributed by atoms with Crippen LogP contribution < -0.4 is 0 Å². The lowest BCUT2D eigenvalue weighted by Gasteiger charge is -2.32. The van der Waals surface area contributed by atoms with Crippen LogP contribution in [0.1, 0.15) is 33.8 Å². The van der Waals surface area contributed by atoms with Crippen molar-refractivity contribution in [2.75, 3.05) is 0 Å². The summed E-state index contributed by atoms with van der Waals surface area (Å²) in [6.45, 7) is -0.000983. The Hall–Kier alpha value is -2.37. The summed E-state index contributed by atoms with van der Waals surface area (Å²) >= 11 is 11.9. The van der Waals surface area contributed by atoms with Gasteiger partial charge in [0.1, 0.15) is 0 Å². The number of fused-ring (bicyclic) bond motifs is 1. The average Bonchev–Trinajstić information content (AvgIpc) is 2.58. The van der Waals surface area contributed by atoms with Gasteiger partial charge in [0.25, 0.3) is 5.91 Å². The van der Waals surface area contributed by atoms with Crippen molar-refractivity contribution in [2.45, 2.75) is 18.9 Å². The van der Waals surface area contributed by atoms with E-state index in [1.165, 1.54) is 0 Å². The van der Waals surface area contributed by atoms with Gasteiger partial charge in [0, 0.05) is 5.56 Å². The molecule has 0 aromatic heterocycles. The van der Waals surface area contributed by atoms with Gasteiger partial charge in [-0.2, -0.15) is 0 Å². The summed E-state index contributed by atoms with van der Waals surface area (Å²) in [6.07, 6.45) is -0.374. The molecule has 2 aromatic rings. The molecule has 0 saturated carbocycles. The van der Waals surface area contributed by atoms with E-state index in [0.717, 1.165) is 4.90 Å². The van der Waals surface area contributed by atoms with Crippen LogP contribution in [0.25, 0.3) is 0 Å². The van der Waals surface area contributed by atoms with Gasteiger partial charge >= 0.3 is 5.97 Å². The number of carboxylic acid groups (broad SMARTS) is 1. The first kappa shape index (κ1) is 17.5. The van der Waals surface area contributed by atoms with Crippen LogP contribution in [0.15, 0.2) is 42.5 Å². The van der Waals surface area contributed by atoms with E-state index in [0.29, 0.717) is 26.7 Å². The van der Waals surface area contributed by atoms with E-state index in [2.05, 4.69) is 0 Å². The number of benzene rings is 2. The second-order valence-corrected chi connectivity index (χ2v) is 6.53. The Bertz CT molecular complexity index is 881. The van der Waals surface area contributed by atoms with Gasteiger partial charge in [-0.25, -0.2) is 0 Å². The zero-order valence-electron chi connectivity index (χ0n) is 12.9. The zero-order chi connectivity index (χ0) is 18.1. The summed E-state index contributed by atoms with van der Waals surface area (Å²) in [6, 6.07) is 11.4. The summed E-state index contributed by atoms with van der Waals surface area (Å²) in [4.78, 5) is 37.7. The van der Waals surface area contributed by atoms with Crippen LogP contribution in [0.2, 0.25) is 10.0 Å². The van der Waals surface area contributed by atoms with Crippen LogP contribution in [0.4, 0.5) is 0 Å². The molecule has 25 heavy (non-hydrogen) atoms. The van der Waals surface area contributed by atoms with Crippen molar-refractivity contribution in [1.29, 1.82) is 0 Å². The maximum atomic E-state index is 12.8. The van der Waals surface area contributed by atoms with Gasteiger partial charge in [-0.15, -0.1) is 0 Å². The number of rotatable bonds is 4. The Morgan fingerprint density at radius 2 is 1.80 bits per heavy atom. The molecule has 1 aliphatic rings. The van der Waals surface area contributed by atoms with Crippen molar-refractivity contribution in [3.63, 3.8) is 0 Å². The fourth-order valence-corrected chi connectivity index (χ4v) is 3.23. The number of imide groups is 1. The molecule has 0 aliphatic carbocycles. The zero-order valence-corrected chi connectivity index (χ0v) is 14.4. The van der Waals surface area contributed by atoms with E-state index in [-0.39, 0.29) is 13.0 Å². The number of aliphatic carboxylic acids is 1. The largest absolute Gasteiger partial charge is 0.481 e. The van der Waals surface area contributed by atoms with Crippen LogP contribution in [0, 0.1) is 0 Å². The molecule has 1 N–H and O–H groups in total. The van der Waals surface area contributed by atoms with Crippen molar-refractivity contribution in [1.82, 2.24) is 4.90 Å². The third kappa shape index (κ3) is 3.38. The fourth-order valence-electron chi connectivity index (χ4n) is 2.90. The molecule has 1 unspecified atom stereocenters. The topological polar surface area (TPSA) is 74.7 Å². The summed E-state index contributed by atoms with van der Waals surface area (Å²) in [5.41, 5.74) is 1.42. The van der Waals surface area contributed by atoms with Gasteiger partial charge in [-0.1, -0.05) is 47.5 Å². The molecule has 0 bridgehead atoms. The Balaban J connectivity index is 1.99. The Morgan fingerprint density at radius 3 is 2.48 bits per heavy atom. The highest BCUT2D eigenvalue weighted by Crippen LogP contribution is 2.33. The van der Waals surface area contributed by atoms with Crippen molar-refractivity contribution in [2.24, 2.45) is 0 Å². The summed E-state index contributed by atoms with van der Waals surface area (Å²) in [7, 11) is 0. The van der Waals surface area contributed by atoms with Gasteiger partial charge in [0.15, 0.2) is 0 Å². The molecule has 0 spiro atoms. The first-order valence-electron chi connectivity index (χ1n) is 7.49. The molecule has 1 heterocycles. The first-order chi connectivity index (χ1) is 11.9. The van der Waals surface area contributed by atoms with E-state index in [1.807, 2.05) is 0 Å². The molecule has 1 atom stereocenters. The second kappa shape index (κ2) is 6.86. The normalized spacial score (nSPS) is 16.7. The molecule has 5 nitrogen and oxygen atoms in total. The first-order valence-corrected chi connectivity index (χ1v) is 8.24. The summed E-state index contributed by atoms with van der Waals surface area (Å²) in [5.74, 6) is -2.98. The van der Waals surface area contributed by atoms with Crippen LogP contribution in [0.5, 0.6) is 0 Å². The predicted molar refractivity (Wildman–Crippen MR) is 92.8 cm³/mol. The fraction of sp³-hybridized carbons (Fsp3) is 0.167. The van der Waals surface area contributed by atoms with Gasteiger partial charge in [-0.3, -0.25) is 19.3 Å². The van der Waals surface area contributed by atoms with Crippen molar-refractivity contribution < 1.29 is 19.5 Å². The SMILES string of the molecule is O=C(O)CC1C(=O)N(Cc2ccc(Cl)c(Cl)c2)C(=O)c2ccccc21. The molecule has 1 aliphatic heterocycles. The molecular formula is C18H13Cl2NO4. The lowest BCUT2D eigenvalue weighted by Crippen LogP contribution is -2.44. The van der Waals surface area contributed by atoms with Gasteiger partial charge < -0.3 is 5.11 Å². The van der Waals surface area contributed by atoms with E-state index < -0.39 is 23.7 Å². The van der Waals surface area contributed by atoms with Crippen molar-refractivity contribution >= 4 is 41.0 Å². The monoisotopic (exact) mass is 377 g/mol. The Kier molecular flexibility index (Phi) is 4.79. The number of nitrogens with zero attached hydrogens (tertiary/aromatic N) is 1. The van der Waals surface area contributed by atoms with E-state index in [1.54, 1.807) is 42.5 Å². The lowest BCUT2D eigenvalue weighted by atomic mass is 9.86. The highest BCUT2D eigenvalue weighted by atomic mass is 35.5. The van der Waals surface area contributed by atoms with E-state index in [4.69, 9.17) is 28.3 Å². The molecule has 0 saturated heterocycles. The minimum atomic E-state index is -1.10. The molecule has 0 fully saturated rings. The highest BCUT2D eigenvalue weighted by molar-refractivity contribution is 6.42. The van der Waals surface area contributed by atoms with Gasteiger partial charge in [0.05, 0.1) is 28.9 Å². The molecule has 3 rings (SSSR count). The Labute approximate surface area is 153 Å². The van der Waals surface area contributed by atoms with Crippen molar-refractivity contribution in [3.8, 4) is 0 Å². The third-order valence-electron chi connectivity index (χ3n) is 4.08. The maximum absolute atomic E-state index is 12.8. The third-order valence-corrected chi connectivity index (χ3v) is 4.82.